The Kier molecular flexibility index (Phi) is 5.82. The number of aryl methyl sites for hydroxylation is 1. The van der Waals surface area contributed by atoms with E-state index in [2.05, 4.69) is 10.1 Å². The molecule has 0 aromatic heterocycles. The summed E-state index contributed by atoms with van der Waals surface area (Å²) in [6, 6.07) is 11.9. The molecule has 2 rings (SSSR count). The van der Waals surface area contributed by atoms with Crippen molar-refractivity contribution in [3.63, 3.8) is 0 Å². The van der Waals surface area contributed by atoms with Crippen LogP contribution in [0.5, 0.6) is 5.75 Å². The molecule has 0 unspecified atom stereocenters. The summed E-state index contributed by atoms with van der Waals surface area (Å²) in [6.45, 7) is 3.54. The maximum Gasteiger partial charge on any atom is 0.337 e. The molecule has 0 saturated heterocycles. The van der Waals surface area contributed by atoms with Crippen molar-refractivity contribution in [2.24, 2.45) is 0 Å². The zero-order chi connectivity index (χ0) is 17.7. The van der Waals surface area contributed by atoms with E-state index in [0.717, 1.165) is 5.56 Å². The fourth-order valence-corrected chi connectivity index (χ4v) is 2.20. The number of carbonyl (C=O) groups excluding carboxylic acids is 2. The SMILES string of the molecule is COC(=O)c1ccc(Cl)c(NC(=O)[C@H](C)Oc2ccccc2C)c1. The van der Waals surface area contributed by atoms with Crippen LogP contribution in [-0.4, -0.2) is 25.1 Å². The third-order valence-corrected chi connectivity index (χ3v) is 3.74. The van der Waals surface area contributed by atoms with E-state index in [0.29, 0.717) is 22.0 Å². The lowest BCUT2D eigenvalue weighted by atomic mass is 10.2. The molecule has 5 nitrogen and oxygen atoms in total. The number of anilines is 1. The van der Waals surface area contributed by atoms with Gasteiger partial charge in [0.15, 0.2) is 6.10 Å². The van der Waals surface area contributed by atoms with Gasteiger partial charge in [-0.3, -0.25) is 4.79 Å². The van der Waals surface area contributed by atoms with Gasteiger partial charge in [0.25, 0.3) is 5.91 Å². The van der Waals surface area contributed by atoms with Crippen molar-refractivity contribution in [3.8, 4) is 5.75 Å². The number of amides is 1. The molecule has 0 aliphatic carbocycles. The molecule has 2 aromatic rings. The molecule has 24 heavy (non-hydrogen) atoms. The van der Waals surface area contributed by atoms with Crippen LogP contribution in [0.25, 0.3) is 0 Å². The number of carbonyl (C=O) groups is 2. The first-order valence-electron chi connectivity index (χ1n) is 7.33. The van der Waals surface area contributed by atoms with Crippen molar-refractivity contribution in [1.82, 2.24) is 0 Å². The summed E-state index contributed by atoms with van der Waals surface area (Å²) in [4.78, 5) is 23.9. The van der Waals surface area contributed by atoms with E-state index >= 15 is 0 Å². The molecular formula is C18H18ClNO4. The average Bonchev–Trinajstić information content (AvgIpc) is 2.58. The van der Waals surface area contributed by atoms with Gasteiger partial charge in [0.1, 0.15) is 5.75 Å². The summed E-state index contributed by atoms with van der Waals surface area (Å²) in [5.74, 6) is -0.247. The summed E-state index contributed by atoms with van der Waals surface area (Å²) in [7, 11) is 1.29. The fourth-order valence-electron chi connectivity index (χ4n) is 2.03. The predicted octanol–water partition coefficient (Wildman–Crippen LogP) is 3.84. The summed E-state index contributed by atoms with van der Waals surface area (Å²) in [5, 5.41) is 2.98. The second-order valence-electron chi connectivity index (χ2n) is 5.20. The highest BCUT2D eigenvalue weighted by molar-refractivity contribution is 6.33. The highest BCUT2D eigenvalue weighted by Gasteiger charge is 2.18. The summed E-state index contributed by atoms with van der Waals surface area (Å²) < 4.78 is 10.3. The van der Waals surface area contributed by atoms with E-state index < -0.39 is 12.1 Å². The molecule has 1 amide bonds. The number of halogens is 1. The normalized spacial score (nSPS) is 11.5. The Balaban J connectivity index is 2.11. The molecule has 0 radical (unpaired) electrons. The van der Waals surface area contributed by atoms with E-state index in [4.69, 9.17) is 16.3 Å². The van der Waals surface area contributed by atoms with Crippen LogP contribution >= 0.6 is 11.6 Å². The van der Waals surface area contributed by atoms with Crippen LogP contribution in [0.2, 0.25) is 5.02 Å². The van der Waals surface area contributed by atoms with E-state index in [-0.39, 0.29) is 5.91 Å². The van der Waals surface area contributed by atoms with Gasteiger partial charge in [0, 0.05) is 0 Å². The van der Waals surface area contributed by atoms with Crippen LogP contribution in [0.15, 0.2) is 42.5 Å². The second kappa shape index (κ2) is 7.84. The molecule has 0 heterocycles. The molecule has 126 valence electrons. The van der Waals surface area contributed by atoms with E-state index in [1.165, 1.54) is 25.3 Å². The first kappa shape index (κ1) is 17.8. The van der Waals surface area contributed by atoms with E-state index in [1.54, 1.807) is 13.0 Å². The highest BCUT2D eigenvalue weighted by atomic mass is 35.5. The minimum Gasteiger partial charge on any atom is -0.481 e. The first-order chi connectivity index (χ1) is 11.4. The van der Waals surface area contributed by atoms with Crippen molar-refractivity contribution in [1.29, 1.82) is 0 Å². The lowest BCUT2D eigenvalue weighted by Crippen LogP contribution is -2.30. The molecule has 1 atom stereocenters. The monoisotopic (exact) mass is 347 g/mol. The fraction of sp³-hybridized carbons (Fsp3) is 0.222. The minimum absolute atomic E-state index is 0.296. The molecule has 1 N–H and O–H groups in total. The van der Waals surface area contributed by atoms with Gasteiger partial charge in [-0.1, -0.05) is 29.8 Å². The third kappa shape index (κ3) is 4.26. The Hall–Kier alpha value is -2.53. The van der Waals surface area contributed by atoms with Gasteiger partial charge in [-0.2, -0.15) is 0 Å². The van der Waals surface area contributed by atoms with Gasteiger partial charge in [-0.15, -0.1) is 0 Å². The number of hydrogen-bond donors (Lipinski definition) is 1. The molecule has 0 spiro atoms. The van der Waals surface area contributed by atoms with Gasteiger partial charge < -0.3 is 14.8 Å². The minimum atomic E-state index is -0.732. The van der Waals surface area contributed by atoms with E-state index in [1.807, 2.05) is 25.1 Å². The smallest absolute Gasteiger partial charge is 0.337 e. The summed E-state index contributed by atoms with van der Waals surface area (Å²) in [5.41, 5.74) is 1.55. The third-order valence-electron chi connectivity index (χ3n) is 3.41. The Morgan fingerprint density at radius 3 is 2.54 bits per heavy atom. The zero-order valence-electron chi connectivity index (χ0n) is 13.6. The standard InChI is InChI=1S/C18H18ClNO4/c1-11-6-4-5-7-16(11)24-12(2)17(21)20-15-10-13(18(22)23-3)8-9-14(15)19/h4-10,12H,1-3H3,(H,20,21)/t12-/m0/s1. The van der Waals surface area contributed by atoms with Crippen LogP contribution in [0.3, 0.4) is 0 Å². The number of para-hydroxylation sites is 1. The maximum absolute atomic E-state index is 12.3. The van der Waals surface area contributed by atoms with Crippen LogP contribution in [0, 0.1) is 6.92 Å². The Labute approximate surface area is 145 Å². The largest absolute Gasteiger partial charge is 0.481 e. The lowest BCUT2D eigenvalue weighted by Gasteiger charge is -2.17. The number of nitrogens with one attached hydrogen (secondary N) is 1. The van der Waals surface area contributed by atoms with Gasteiger partial charge in [-0.05, 0) is 43.7 Å². The zero-order valence-corrected chi connectivity index (χ0v) is 14.4. The summed E-state index contributed by atoms with van der Waals surface area (Å²) >= 11 is 6.07. The molecule has 2 aromatic carbocycles. The Morgan fingerprint density at radius 2 is 1.88 bits per heavy atom. The van der Waals surface area contributed by atoms with Crippen molar-refractivity contribution >= 4 is 29.2 Å². The van der Waals surface area contributed by atoms with Crippen molar-refractivity contribution in [2.45, 2.75) is 20.0 Å². The van der Waals surface area contributed by atoms with Crippen molar-refractivity contribution < 1.29 is 19.1 Å². The first-order valence-corrected chi connectivity index (χ1v) is 7.71. The van der Waals surface area contributed by atoms with Gasteiger partial charge in [0.05, 0.1) is 23.4 Å². The molecule has 0 aliphatic rings. The molecule has 0 bridgehead atoms. The molecular weight excluding hydrogens is 330 g/mol. The molecule has 6 heteroatoms. The predicted molar refractivity (Wildman–Crippen MR) is 92.7 cm³/mol. The van der Waals surface area contributed by atoms with Gasteiger partial charge in [0.2, 0.25) is 0 Å². The van der Waals surface area contributed by atoms with Crippen LogP contribution < -0.4 is 10.1 Å². The van der Waals surface area contributed by atoms with Crippen LogP contribution in [0.4, 0.5) is 5.69 Å². The molecule has 0 fully saturated rings. The molecule has 0 aliphatic heterocycles. The number of rotatable bonds is 5. The Morgan fingerprint density at radius 1 is 1.17 bits per heavy atom. The van der Waals surface area contributed by atoms with E-state index in [9.17, 15) is 9.59 Å². The number of methoxy groups -OCH3 is 1. The van der Waals surface area contributed by atoms with Crippen molar-refractivity contribution in [3.05, 3.63) is 58.6 Å². The number of hydrogen-bond acceptors (Lipinski definition) is 4. The van der Waals surface area contributed by atoms with Crippen molar-refractivity contribution in [2.75, 3.05) is 12.4 Å². The topological polar surface area (TPSA) is 64.6 Å². The number of esters is 1. The van der Waals surface area contributed by atoms with Gasteiger partial charge in [-0.25, -0.2) is 4.79 Å². The Bertz CT molecular complexity index is 760. The van der Waals surface area contributed by atoms with Crippen LogP contribution in [-0.2, 0) is 9.53 Å². The van der Waals surface area contributed by atoms with Gasteiger partial charge >= 0.3 is 5.97 Å². The highest BCUT2D eigenvalue weighted by Crippen LogP contribution is 2.24. The maximum atomic E-state index is 12.3. The quantitative estimate of drug-likeness (QED) is 0.834. The number of benzene rings is 2. The lowest BCUT2D eigenvalue weighted by molar-refractivity contribution is -0.122. The second-order valence-corrected chi connectivity index (χ2v) is 5.61. The molecule has 0 saturated carbocycles. The number of ether oxygens (including phenoxy) is 2. The average molecular weight is 348 g/mol. The van der Waals surface area contributed by atoms with Crippen LogP contribution in [0.1, 0.15) is 22.8 Å². The summed E-state index contributed by atoms with van der Waals surface area (Å²) in [6.07, 6.45) is -0.732.